The van der Waals surface area contributed by atoms with Gasteiger partial charge in [0.25, 0.3) is 11.8 Å². The molecule has 2 amide bonds. The Hall–Kier alpha value is -3.62. The van der Waals surface area contributed by atoms with E-state index in [1.54, 1.807) is 24.3 Å². The van der Waals surface area contributed by atoms with E-state index in [1.165, 1.54) is 23.9 Å². The number of carbonyl (C=O) groups is 2. The summed E-state index contributed by atoms with van der Waals surface area (Å²) < 4.78 is 13.1. The molecule has 0 N–H and O–H groups in total. The number of amides is 2. The summed E-state index contributed by atoms with van der Waals surface area (Å²) in [4.78, 5) is 38.7. The van der Waals surface area contributed by atoms with E-state index >= 15 is 0 Å². The second kappa shape index (κ2) is 12.3. The third-order valence-corrected chi connectivity index (χ3v) is 7.43. The predicted octanol–water partition coefficient (Wildman–Crippen LogP) is 3.18. The lowest BCUT2D eigenvalue weighted by Gasteiger charge is -2.35. The van der Waals surface area contributed by atoms with Crippen LogP contribution >= 0.6 is 0 Å². The molecular formula is C30H34FN5O2. The van der Waals surface area contributed by atoms with Crippen LogP contribution in [0.25, 0.3) is 0 Å². The molecule has 5 rings (SSSR count). The summed E-state index contributed by atoms with van der Waals surface area (Å²) >= 11 is 0. The molecule has 0 atom stereocenters. The molecule has 0 bridgehead atoms. The van der Waals surface area contributed by atoms with E-state index in [-0.39, 0.29) is 17.6 Å². The fraction of sp³-hybridized carbons (Fsp3) is 0.367. The summed E-state index contributed by atoms with van der Waals surface area (Å²) in [6.07, 6.45) is 2.53. The summed E-state index contributed by atoms with van der Waals surface area (Å²) in [5.74, 6) is -0.381. The standard InChI is InChI=1S/C30H34FN5O2/c31-27-9-6-25(7-10-27)23-34-16-20-35(21-17-34)29(37)26-8-11-28(32-22-26)30(38)36-18-14-33(15-19-36)13-12-24-4-2-1-3-5-24/h1-11,22H,12-21,23H2. The Labute approximate surface area is 223 Å². The van der Waals surface area contributed by atoms with Gasteiger partial charge in [-0.3, -0.25) is 24.4 Å². The molecule has 0 unspecified atom stereocenters. The van der Waals surface area contributed by atoms with Crippen LogP contribution in [0.5, 0.6) is 0 Å². The Kier molecular flexibility index (Phi) is 8.41. The average Bonchev–Trinajstić information content (AvgIpc) is 2.98. The molecule has 38 heavy (non-hydrogen) atoms. The van der Waals surface area contributed by atoms with Crippen LogP contribution in [0.3, 0.4) is 0 Å². The van der Waals surface area contributed by atoms with E-state index < -0.39 is 0 Å². The first-order chi connectivity index (χ1) is 18.5. The highest BCUT2D eigenvalue weighted by atomic mass is 19.1. The molecule has 2 fully saturated rings. The van der Waals surface area contributed by atoms with Crippen LogP contribution in [-0.2, 0) is 13.0 Å². The zero-order chi connectivity index (χ0) is 26.3. The molecule has 0 radical (unpaired) electrons. The van der Waals surface area contributed by atoms with Crippen molar-refractivity contribution < 1.29 is 14.0 Å². The van der Waals surface area contributed by atoms with E-state index in [4.69, 9.17) is 0 Å². The van der Waals surface area contributed by atoms with Crippen molar-refractivity contribution in [1.82, 2.24) is 24.6 Å². The fourth-order valence-corrected chi connectivity index (χ4v) is 5.06. The Bertz CT molecular complexity index is 1200. The maximum atomic E-state index is 13.1. The van der Waals surface area contributed by atoms with Crippen LogP contribution in [0.4, 0.5) is 4.39 Å². The number of benzene rings is 2. The van der Waals surface area contributed by atoms with E-state index in [0.717, 1.165) is 51.3 Å². The smallest absolute Gasteiger partial charge is 0.272 e. The van der Waals surface area contributed by atoms with Gasteiger partial charge in [0.05, 0.1) is 5.56 Å². The van der Waals surface area contributed by atoms with Gasteiger partial charge >= 0.3 is 0 Å². The number of hydrogen-bond donors (Lipinski definition) is 0. The molecule has 0 aliphatic carbocycles. The first-order valence-corrected chi connectivity index (χ1v) is 13.3. The molecule has 3 aromatic rings. The quantitative estimate of drug-likeness (QED) is 0.484. The number of nitrogens with zero attached hydrogens (tertiary/aromatic N) is 5. The molecule has 2 aliphatic heterocycles. The maximum absolute atomic E-state index is 13.1. The molecule has 7 nitrogen and oxygen atoms in total. The lowest BCUT2D eigenvalue weighted by molar-refractivity contribution is 0.0617. The summed E-state index contributed by atoms with van der Waals surface area (Å²) in [6, 6.07) is 20.4. The van der Waals surface area contributed by atoms with Gasteiger partial charge in [0.1, 0.15) is 11.5 Å². The zero-order valence-corrected chi connectivity index (χ0v) is 21.6. The van der Waals surface area contributed by atoms with E-state index in [0.29, 0.717) is 37.4 Å². The van der Waals surface area contributed by atoms with Gasteiger partial charge in [0.2, 0.25) is 0 Å². The van der Waals surface area contributed by atoms with Crippen LogP contribution in [0, 0.1) is 5.82 Å². The molecule has 198 valence electrons. The van der Waals surface area contributed by atoms with E-state index in [1.807, 2.05) is 15.9 Å². The summed E-state index contributed by atoms with van der Waals surface area (Å²) in [5, 5.41) is 0. The molecule has 0 saturated carbocycles. The Morgan fingerprint density at radius 1 is 0.684 bits per heavy atom. The van der Waals surface area contributed by atoms with Gasteiger partial charge in [0.15, 0.2) is 0 Å². The minimum atomic E-state index is -0.234. The normalized spacial score (nSPS) is 17.0. The van der Waals surface area contributed by atoms with Crippen molar-refractivity contribution in [3.05, 3.63) is 101 Å². The third-order valence-electron chi connectivity index (χ3n) is 7.43. The zero-order valence-electron chi connectivity index (χ0n) is 21.6. The van der Waals surface area contributed by atoms with Gasteiger partial charge < -0.3 is 9.80 Å². The van der Waals surface area contributed by atoms with Gasteiger partial charge in [-0.2, -0.15) is 0 Å². The highest BCUT2D eigenvalue weighted by molar-refractivity contribution is 5.96. The second-order valence-electron chi connectivity index (χ2n) is 10.00. The van der Waals surface area contributed by atoms with Crippen LogP contribution in [0.2, 0.25) is 0 Å². The SMILES string of the molecule is O=C(c1ccc(C(=O)N2CCN(CCc3ccccc3)CC2)nc1)N1CCN(Cc2ccc(F)cc2)CC1. The first-order valence-electron chi connectivity index (χ1n) is 13.3. The van der Waals surface area contributed by atoms with Crippen molar-refractivity contribution in [1.29, 1.82) is 0 Å². The number of aromatic nitrogens is 1. The van der Waals surface area contributed by atoms with Crippen molar-refractivity contribution in [2.45, 2.75) is 13.0 Å². The van der Waals surface area contributed by atoms with Crippen LogP contribution in [0.15, 0.2) is 72.9 Å². The predicted molar refractivity (Wildman–Crippen MR) is 144 cm³/mol. The Morgan fingerprint density at radius 2 is 1.32 bits per heavy atom. The van der Waals surface area contributed by atoms with Crippen LogP contribution < -0.4 is 0 Å². The first kappa shape index (κ1) is 26.0. The average molecular weight is 516 g/mol. The Morgan fingerprint density at radius 3 is 1.95 bits per heavy atom. The van der Waals surface area contributed by atoms with Crippen molar-refractivity contribution >= 4 is 11.8 Å². The summed E-state index contributed by atoms with van der Waals surface area (Å²) in [7, 11) is 0. The van der Waals surface area contributed by atoms with Gasteiger partial charge in [0, 0.05) is 71.6 Å². The van der Waals surface area contributed by atoms with Gasteiger partial charge in [-0.1, -0.05) is 42.5 Å². The highest BCUT2D eigenvalue weighted by Gasteiger charge is 2.25. The van der Waals surface area contributed by atoms with Crippen LogP contribution in [-0.4, -0.2) is 95.3 Å². The highest BCUT2D eigenvalue weighted by Crippen LogP contribution is 2.14. The van der Waals surface area contributed by atoms with Crippen molar-refractivity contribution in [2.24, 2.45) is 0 Å². The molecule has 2 saturated heterocycles. The van der Waals surface area contributed by atoms with Crippen molar-refractivity contribution in [2.75, 3.05) is 58.9 Å². The lowest BCUT2D eigenvalue weighted by Crippen LogP contribution is -2.49. The van der Waals surface area contributed by atoms with Gasteiger partial charge in [-0.05, 0) is 41.8 Å². The van der Waals surface area contributed by atoms with Crippen molar-refractivity contribution in [3.63, 3.8) is 0 Å². The fourth-order valence-electron chi connectivity index (χ4n) is 5.06. The number of hydrogen-bond acceptors (Lipinski definition) is 5. The Balaban J connectivity index is 1.07. The number of halogens is 1. The summed E-state index contributed by atoms with van der Waals surface area (Å²) in [5.41, 5.74) is 3.27. The number of piperazine rings is 2. The summed E-state index contributed by atoms with van der Waals surface area (Å²) in [6.45, 7) is 7.53. The minimum Gasteiger partial charge on any atom is -0.336 e. The van der Waals surface area contributed by atoms with E-state index in [2.05, 4.69) is 39.0 Å². The lowest BCUT2D eigenvalue weighted by atomic mass is 10.1. The maximum Gasteiger partial charge on any atom is 0.272 e. The molecular weight excluding hydrogens is 481 g/mol. The minimum absolute atomic E-state index is 0.0649. The molecule has 2 aliphatic rings. The van der Waals surface area contributed by atoms with E-state index in [9.17, 15) is 14.0 Å². The number of rotatable bonds is 7. The number of pyridine rings is 1. The molecule has 0 spiro atoms. The largest absolute Gasteiger partial charge is 0.336 e. The topological polar surface area (TPSA) is 60.0 Å². The molecule has 1 aromatic heterocycles. The molecule has 2 aromatic carbocycles. The number of carbonyl (C=O) groups excluding carboxylic acids is 2. The molecule has 3 heterocycles. The monoisotopic (exact) mass is 515 g/mol. The van der Waals surface area contributed by atoms with Crippen LogP contribution in [0.1, 0.15) is 32.0 Å². The second-order valence-corrected chi connectivity index (χ2v) is 10.00. The molecule has 8 heteroatoms. The van der Waals surface area contributed by atoms with Gasteiger partial charge in [-0.15, -0.1) is 0 Å². The van der Waals surface area contributed by atoms with Gasteiger partial charge in [-0.25, -0.2) is 4.39 Å². The van der Waals surface area contributed by atoms with Crippen molar-refractivity contribution in [3.8, 4) is 0 Å². The third kappa shape index (κ3) is 6.62.